The highest BCUT2D eigenvalue weighted by molar-refractivity contribution is 5.79. The summed E-state index contributed by atoms with van der Waals surface area (Å²) in [5, 5.41) is 12.6. The Morgan fingerprint density at radius 3 is 2.50 bits per heavy atom. The Morgan fingerprint density at radius 2 is 2.11 bits per heavy atom. The van der Waals surface area contributed by atoms with Crippen LogP contribution in [-0.2, 0) is 9.53 Å². The van der Waals surface area contributed by atoms with Crippen LogP contribution in [0.25, 0.3) is 0 Å². The standard InChI is InChI=1S/C13H26N2O3/c1-6-18-10-7-13(9-16,12(10,2)3)14-11(17)8-15(4)5/h10,16H,6-9H2,1-5H3,(H,14,17)/t10-,13-/m0/s1. The summed E-state index contributed by atoms with van der Waals surface area (Å²) in [6.45, 7) is 6.95. The normalized spacial score (nSPS) is 30.1. The van der Waals surface area contributed by atoms with Crippen molar-refractivity contribution in [2.24, 2.45) is 5.41 Å². The van der Waals surface area contributed by atoms with E-state index in [4.69, 9.17) is 4.74 Å². The number of amides is 1. The second kappa shape index (κ2) is 5.55. The summed E-state index contributed by atoms with van der Waals surface area (Å²) >= 11 is 0. The molecule has 1 rings (SSSR count). The van der Waals surface area contributed by atoms with E-state index in [1.165, 1.54) is 0 Å². The number of hydrogen-bond donors (Lipinski definition) is 2. The van der Waals surface area contributed by atoms with Gasteiger partial charge in [-0.2, -0.15) is 0 Å². The van der Waals surface area contributed by atoms with Gasteiger partial charge in [0.2, 0.25) is 5.91 Å². The molecule has 106 valence electrons. The van der Waals surface area contributed by atoms with Gasteiger partial charge in [-0.3, -0.25) is 4.79 Å². The van der Waals surface area contributed by atoms with E-state index in [1.54, 1.807) is 0 Å². The molecule has 0 aromatic rings. The molecule has 0 saturated heterocycles. The van der Waals surface area contributed by atoms with Gasteiger partial charge in [0.15, 0.2) is 0 Å². The number of nitrogens with one attached hydrogen (secondary N) is 1. The summed E-state index contributed by atoms with van der Waals surface area (Å²) in [4.78, 5) is 13.7. The molecule has 0 aromatic carbocycles. The van der Waals surface area contributed by atoms with E-state index >= 15 is 0 Å². The predicted molar refractivity (Wildman–Crippen MR) is 70.3 cm³/mol. The van der Waals surface area contributed by atoms with E-state index in [1.807, 2.05) is 39.8 Å². The lowest BCUT2D eigenvalue weighted by Crippen LogP contribution is -2.74. The number of aliphatic hydroxyl groups is 1. The third kappa shape index (κ3) is 2.68. The van der Waals surface area contributed by atoms with Gasteiger partial charge in [0.05, 0.1) is 24.8 Å². The SMILES string of the molecule is CCO[C@H]1C[C@@](CO)(NC(=O)CN(C)C)C1(C)C. The van der Waals surface area contributed by atoms with E-state index in [-0.39, 0.29) is 24.0 Å². The Labute approximate surface area is 109 Å². The van der Waals surface area contributed by atoms with Crippen LogP contribution in [0.3, 0.4) is 0 Å². The van der Waals surface area contributed by atoms with E-state index in [0.29, 0.717) is 19.6 Å². The molecule has 2 N–H and O–H groups in total. The summed E-state index contributed by atoms with van der Waals surface area (Å²) in [6, 6.07) is 0. The van der Waals surface area contributed by atoms with Crippen molar-refractivity contribution in [3.05, 3.63) is 0 Å². The molecule has 18 heavy (non-hydrogen) atoms. The van der Waals surface area contributed by atoms with Crippen molar-refractivity contribution in [1.82, 2.24) is 10.2 Å². The molecule has 0 aromatic heterocycles. The minimum atomic E-state index is -0.556. The maximum absolute atomic E-state index is 11.9. The Balaban J connectivity index is 2.69. The van der Waals surface area contributed by atoms with Crippen LogP contribution in [-0.4, -0.2) is 61.4 Å². The number of aliphatic hydroxyl groups excluding tert-OH is 1. The molecule has 0 bridgehead atoms. The lowest BCUT2D eigenvalue weighted by molar-refractivity contribution is -0.181. The lowest BCUT2D eigenvalue weighted by Gasteiger charge is -2.60. The zero-order valence-corrected chi connectivity index (χ0v) is 12.1. The molecule has 0 radical (unpaired) electrons. The summed E-state index contributed by atoms with van der Waals surface area (Å²) in [5.74, 6) is -0.0583. The molecule has 1 saturated carbocycles. The molecule has 5 nitrogen and oxygen atoms in total. The topological polar surface area (TPSA) is 61.8 Å². The van der Waals surface area contributed by atoms with Gasteiger partial charge < -0.3 is 20.1 Å². The molecule has 5 heteroatoms. The highest BCUT2D eigenvalue weighted by Crippen LogP contribution is 2.51. The van der Waals surface area contributed by atoms with Crippen molar-refractivity contribution in [3.8, 4) is 0 Å². The lowest BCUT2D eigenvalue weighted by atomic mass is 9.54. The van der Waals surface area contributed by atoms with Crippen molar-refractivity contribution in [2.75, 3.05) is 33.9 Å². The van der Waals surface area contributed by atoms with Gasteiger partial charge >= 0.3 is 0 Å². The average molecular weight is 258 g/mol. The Hall–Kier alpha value is -0.650. The zero-order chi connectivity index (χ0) is 14.0. The van der Waals surface area contributed by atoms with Gasteiger partial charge in [0, 0.05) is 18.4 Å². The fourth-order valence-electron chi connectivity index (χ4n) is 2.59. The molecule has 0 unspecified atom stereocenters. The molecular formula is C13H26N2O3. The largest absolute Gasteiger partial charge is 0.394 e. The van der Waals surface area contributed by atoms with Crippen LogP contribution < -0.4 is 5.32 Å². The Bertz CT molecular complexity index is 305. The molecule has 1 aliphatic carbocycles. The summed E-state index contributed by atoms with van der Waals surface area (Å²) in [7, 11) is 3.69. The molecule has 0 heterocycles. The number of hydrogen-bond acceptors (Lipinski definition) is 4. The number of rotatable bonds is 6. The average Bonchev–Trinajstić information content (AvgIpc) is 2.26. The van der Waals surface area contributed by atoms with Gasteiger partial charge in [-0.15, -0.1) is 0 Å². The minimum Gasteiger partial charge on any atom is -0.394 e. The fraction of sp³-hybridized carbons (Fsp3) is 0.923. The molecule has 0 spiro atoms. The zero-order valence-electron chi connectivity index (χ0n) is 12.1. The first-order chi connectivity index (χ1) is 8.29. The van der Waals surface area contributed by atoms with E-state index in [9.17, 15) is 9.90 Å². The summed E-state index contributed by atoms with van der Waals surface area (Å²) < 4.78 is 5.64. The molecule has 2 atom stereocenters. The van der Waals surface area contributed by atoms with Crippen LogP contribution in [0.1, 0.15) is 27.2 Å². The summed E-state index contributed by atoms with van der Waals surface area (Å²) in [5.41, 5.74) is -0.806. The fourth-order valence-corrected chi connectivity index (χ4v) is 2.59. The quantitative estimate of drug-likeness (QED) is 0.716. The van der Waals surface area contributed by atoms with Crippen molar-refractivity contribution >= 4 is 5.91 Å². The third-order valence-corrected chi connectivity index (χ3v) is 4.05. The number of nitrogens with zero attached hydrogens (tertiary/aromatic N) is 1. The van der Waals surface area contributed by atoms with E-state index in [0.717, 1.165) is 0 Å². The van der Waals surface area contributed by atoms with E-state index < -0.39 is 5.54 Å². The van der Waals surface area contributed by atoms with E-state index in [2.05, 4.69) is 5.32 Å². The monoisotopic (exact) mass is 258 g/mol. The molecular weight excluding hydrogens is 232 g/mol. The minimum absolute atomic E-state index is 0.0528. The second-order valence-corrected chi connectivity index (χ2v) is 5.90. The Kier molecular flexibility index (Phi) is 4.75. The van der Waals surface area contributed by atoms with Gasteiger partial charge in [0.25, 0.3) is 0 Å². The van der Waals surface area contributed by atoms with Gasteiger partial charge in [-0.25, -0.2) is 0 Å². The van der Waals surface area contributed by atoms with Crippen LogP contribution in [0.4, 0.5) is 0 Å². The first-order valence-corrected chi connectivity index (χ1v) is 6.47. The number of carbonyl (C=O) groups is 1. The number of likely N-dealkylation sites (N-methyl/N-ethyl adjacent to an activating group) is 1. The van der Waals surface area contributed by atoms with Gasteiger partial charge in [-0.05, 0) is 21.0 Å². The summed E-state index contributed by atoms with van der Waals surface area (Å²) in [6.07, 6.45) is 0.762. The van der Waals surface area contributed by atoms with Crippen LogP contribution >= 0.6 is 0 Å². The number of ether oxygens (including phenoxy) is 1. The first-order valence-electron chi connectivity index (χ1n) is 6.47. The van der Waals surface area contributed by atoms with Crippen LogP contribution in [0.15, 0.2) is 0 Å². The van der Waals surface area contributed by atoms with Crippen LogP contribution in [0, 0.1) is 5.41 Å². The molecule has 0 aliphatic heterocycles. The maximum Gasteiger partial charge on any atom is 0.234 e. The van der Waals surface area contributed by atoms with Crippen molar-refractivity contribution < 1.29 is 14.6 Å². The maximum atomic E-state index is 11.9. The molecule has 1 fully saturated rings. The number of carbonyl (C=O) groups excluding carboxylic acids is 1. The van der Waals surface area contributed by atoms with Gasteiger partial charge in [0.1, 0.15) is 0 Å². The smallest absolute Gasteiger partial charge is 0.234 e. The highest BCUT2D eigenvalue weighted by Gasteiger charge is 2.61. The first kappa shape index (κ1) is 15.4. The van der Waals surface area contributed by atoms with Crippen molar-refractivity contribution in [3.63, 3.8) is 0 Å². The van der Waals surface area contributed by atoms with Crippen molar-refractivity contribution in [2.45, 2.75) is 38.8 Å². The van der Waals surface area contributed by atoms with Crippen LogP contribution in [0.2, 0.25) is 0 Å². The molecule has 1 aliphatic rings. The Morgan fingerprint density at radius 1 is 1.50 bits per heavy atom. The molecule has 1 amide bonds. The van der Waals surface area contributed by atoms with Gasteiger partial charge in [-0.1, -0.05) is 13.8 Å². The van der Waals surface area contributed by atoms with Crippen LogP contribution in [0.5, 0.6) is 0 Å². The second-order valence-electron chi connectivity index (χ2n) is 5.90. The van der Waals surface area contributed by atoms with Crippen molar-refractivity contribution in [1.29, 1.82) is 0 Å². The highest BCUT2D eigenvalue weighted by atomic mass is 16.5. The third-order valence-electron chi connectivity index (χ3n) is 4.05. The predicted octanol–water partition coefficient (Wildman–Crippen LogP) is 0.230.